The molecular formula is C30H28N2O4. The molecule has 0 N–H and O–H groups in total. The number of pyridine rings is 1. The van der Waals surface area contributed by atoms with Crippen LogP contribution in [0.15, 0.2) is 95.9 Å². The normalized spacial score (nSPS) is 14.7. The van der Waals surface area contributed by atoms with Crippen molar-refractivity contribution in [1.29, 1.82) is 0 Å². The lowest BCUT2D eigenvalue weighted by Crippen LogP contribution is -2.43. The fourth-order valence-electron chi connectivity index (χ4n) is 4.92. The van der Waals surface area contributed by atoms with Gasteiger partial charge in [-0.25, -0.2) is 0 Å². The van der Waals surface area contributed by atoms with Gasteiger partial charge in [0.15, 0.2) is 11.5 Å². The van der Waals surface area contributed by atoms with E-state index in [4.69, 9.17) is 9.47 Å². The van der Waals surface area contributed by atoms with Crippen molar-refractivity contribution in [2.75, 3.05) is 20.8 Å². The van der Waals surface area contributed by atoms with Crippen molar-refractivity contribution in [2.24, 2.45) is 0 Å². The monoisotopic (exact) mass is 480 g/mol. The number of amides is 1. The molecule has 182 valence electrons. The van der Waals surface area contributed by atoms with Crippen molar-refractivity contribution < 1.29 is 14.3 Å². The van der Waals surface area contributed by atoms with Crippen LogP contribution in [-0.2, 0) is 13.0 Å². The minimum absolute atomic E-state index is 0.165. The van der Waals surface area contributed by atoms with E-state index in [0.29, 0.717) is 31.0 Å². The second-order valence-electron chi connectivity index (χ2n) is 8.81. The summed E-state index contributed by atoms with van der Waals surface area (Å²) in [6.45, 7) is 0.886. The highest BCUT2D eigenvalue weighted by Gasteiger charge is 2.34. The summed E-state index contributed by atoms with van der Waals surface area (Å²) < 4.78 is 12.7. The predicted molar refractivity (Wildman–Crippen MR) is 139 cm³/mol. The Hall–Kier alpha value is -4.32. The number of hydrogen-bond donors (Lipinski definition) is 0. The minimum Gasteiger partial charge on any atom is -0.493 e. The third kappa shape index (κ3) is 4.38. The van der Waals surface area contributed by atoms with Crippen molar-refractivity contribution in [1.82, 2.24) is 9.47 Å². The molecule has 6 nitrogen and oxygen atoms in total. The van der Waals surface area contributed by atoms with Crippen LogP contribution in [0.1, 0.15) is 38.7 Å². The lowest BCUT2D eigenvalue weighted by atomic mass is 9.87. The van der Waals surface area contributed by atoms with Crippen molar-refractivity contribution in [2.45, 2.75) is 19.0 Å². The quantitative estimate of drug-likeness (QED) is 0.401. The molecule has 0 bridgehead atoms. The number of aromatic nitrogens is 1. The van der Waals surface area contributed by atoms with E-state index in [2.05, 4.69) is 0 Å². The molecule has 36 heavy (non-hydrogen) atoms. The lowest BCUT2D eigenvalue weighted by molar-refractivity contribution is 0.0691. The first kappa shape index (κ1) is 23.4. The van der Waals surface area contributed by atoms with E-state index in [1.165, 1.54) is 0 Å². The molecule has 0 aliphatic carbocycles. The van der Waals surface area contributed by atoms with Gasteiger partial charge in [-0.2, -0.15) is 0 Å². The fraction of sp³-hybridized carbons (Fsp3) is 0.200. The Kier molecular flexibility index (Phi) is 6.58. The Bertz CT molecular complexity index is 1430. The summed E-state index contributed by atoms with van der Waals surface area (Å²) in [6.07, 6.45) is 2.37. The third-order valence-corrected chi connectivity index (χ3v) is 6.70. The molecule has 5 rings (SSSR count). The van der Waals surface area contributed by atoms with Crippen LogP contribution in [0.3, 0.4) is 0 Å². The summed E-state index contributed by atoms with van der Waals surface area (Å²) in [5.41, 5.74) is 3.91. The van der Waals surface area contributed by atoms with Crippen LogP contribution in [0.4, 0.5) is 0 Å². The maximum atomic E-state index is 14.0. The Morgan fingerprint density at radius 1 is 0.889 bits per heavy atom. The van der Waals surface area contributed by atoms with Gasteiger partial charge in [0.2, 0.25) is 0 Å². The summed E-state index contributed by atoms with van der Waals surface area (Å²) in [4.78, 5) is 29.2. The summed E-state index contributed by atoms with van der Waals surface area (Å²) in [6, 6.07) is 26.6. The molecule has 6 heteroatoms. The average Bonchev–Trinajstić information content (AvgIpc) is 2.93. The third-order valence-electron chi connectivity index (χ3n) is 6.70. The van der Waals surface area contributed by atoms with Crippen molar-refractivity contribution in [3.8, 4) is 11.5 Å². The first-order valence-corrected chi connectivity index (χ1v) is 11.9. The van der Waals surface area contributed by atoms with Gasteiger partial charge in [-0.3, -0.25) is 9.59 Å². The molecule has 1 atom stereocenters. The molecule has 0 saturated heterocycles. The Labute approximate surface area is 210 Å². The van der Waals surface area contributed by atoms with E-state index in [-0.39, 0.29) is 23.1 Å². The molecule has 0 radical (unpaired) electrons. The van der Waals surface area contributed by atoms with Crippen LogP contribution in [0.2, 0.25) is 0 Å². The van der Waals surface area contributed by atoms with E-state index < -0.39 is 0 Å². The molecule has 0 spiro atoms. The Morgan fingerprint density at radius 2 is 1.56 bits per heavy atom. The SMILES string of the molecule is COc1cc2c(cc1OC)C(c1ccccc1)N(C(=O)c1cccn(Cc3ccccc3)c1=O)CC2. The summed E-state index contributed by atoms with van der Waals surface area (Å²) in [5, 5.41) is 0. The summed E-state index contributed by atoms with van der Waals surface area (Å²) in [5.74, 6) is 0.989. The topological polar surface area (TPSA) is 60.8 Å². The van der Waals surface area contributed by atoms with Gasteiger partial charge >= 0.3 is 0 Å². The maximum Gasteiger partial charge on any atom is 0.263 e. The highest BCUT2D eigenvalue weighted by atomic mass is 16.5. The van der Waals surface area contributed by atoms with Crippen molar-refractivity contribution in [3.63, 3.8) is 0 Å². The minimum atomic E-state index is -0.357. The Morgan fingerprint density at radius 3 is 2.25 bits per heavy atom. The van der Waals surface area contributed by atoms with E-state index in [1.807, 2.05) is 72.8 Å². The molecular weight excluding hydrogens is 452 g/mol. The summed E-state index contributed by atoms with van der Waals surface area (Å²) >= 11 is 0. The van der Waals surface area contributed by atoms with Gasteiger partial charge in [0.25, 0.3) is 11.5 Å². The largest absolute Gasteiger partial charge is 0.493 e. The maximum absolute atomic E-state index is 14.0. The number of methoxy groups -OCH3 is 2. The molecule has 1 unspecified atom stereocenters. The number of benzene rings is 3. The Balaban J connectivity index is 1.57. The number of nitrogens with zero attached hydrogens (tertiary/aromatic N) is 2. The molecule has 0 saturated carbocycles. The van der Waals surface area contributed by atoms with Crippen LogP contribution < -0.4 is 15.0 Å². The molecule has 0 fully saturated rings. The number of hydrogen-bond acceptors (Lipinski definition) is 4. The van der Waals surface area contributed by atoms with Gasteiger partial charge < -0.3 is 18.9 Å². The van der Waals surface area contributed by atoms with Gasteiger partial charge in [-0.05, 0) is 52.9 Å². The highest BCUT2D eigenvalue weighted by molar-refractivity contribution is 5.94. The first-order chi connectivity index (χ1) is 17.6. The van der Waals surface area contributed by atoms with E-state index in [0.717, 1.165) is 22.3 Å². The zero-order valence-electron chi connectivity index (χ0n) is 20.4. The lowest BCUT2D eigenvalue weighted by Gasteiger charge is -2.38. The van der Waals surface area contributed by atoms with Gasteiger partial charge in [-0.1, -0.05) is 60.7 Å². The molecule has 1 amide bonds. The number of rotatable bonds is 6. The molecule has 4 aromatic rings. The first-order valence-electron chi connectivity index (χ1n) is 11.9. The summed E-state index contributed by atoms with van der Waals surface area (Å²) in [7, 11) is 3.22. The van der Waals surface area contributed by atoms with Gasteiger partial charge in [0.1, 0.15) is 5.56 Å². The highest BCUT2D eigenvalue weighted by Crippen LogP contribution is 2.41. The standard InChI is InChI=1S/C30H28N2O4/c1-35-26-18-23-15-17-32(28(22-12-7-4-8-13-22)25(23)19-27(26)36-2)30(34)24-14-9-16-31(29(24)33)20-21-10-5-3-6-11-21/h3-14,16,18-19,28H,15,17,20H2,1-2H3. The van der Waals surface area contributed by atoms with Crippen molar-refractivity contribution in [3.05, 3.63) is 129 Å². The van der Waals surface area contributed by atoms with E-state index in [1.54, 1.807) is 42.0 Å². The van der Waals surface area contributed by atoms with E-state index in [9.17, 15) is 9.59 Å². The zero-order chi connectivity index (χ0) is 25.1. The van der Waals surface area contributed by atoms with Crippen LogP contribution in [0.25, 0.3) is 0 Å². The average molecular weight is 481 g/mol. The zero-order valence-corrected chi connectivity index (χ0v) is 20.4. The van der Waals surface area contributed by atoms with E-state index >= 15 is 0 Å². The predicted octanol–water partition coefficient (Wildman–Crippen LogP) is 4.70. The molecule has 2 heterocycles. The molecule has 1 aromatic heterocycles. The number of fused-ring (bicyclic) bond motifs is 1. The van der Waals surface area contributed by atoms with Gasteiger partial charge in [-0.15, -0.1) is 0 Å². The van der Waals surface area contributed by atoms with Crippen LogP contribution in [0, 0.1) is 0 Å². The molecule has 3 aromatic carbocycles. The van der Waals surface area contributed by atoms with Crippen molar-refractivity contribution >= 4 is 5.91 Å². The van der Waals surface area contributed by atoms with Crippen LogP contribution in [-0.4, -0.2) is 36.1 Å². The number of carbonyl (C=O) groups is 1. The number of ether oxygens (including phenoxy) is 2. The van der Waals surface area contributed by atoms with Crippen LogP contribution in [0.5, 0.6) is 11.5 Å². The fourth-order valence-corrected chi connectivity index (χ4v) is 4.92. The second-order valence-corrected chi connectivity index (χ2v) is 8.81. The van der Waals surface area contributed by atoms with Gasteiger partial charge in [0, 0.05) is 12.7 Å². The van der Waals surface area contributed by atoms with Gasteiger partial charge in [0.05, 0.1) is 26.8 Å². The van der Waals surface area contributed by atoms with Crippen LogP contribution >= 0.6 is 0 Å². The number of carbonyl (C=O) groups excluding carboxylic acids is 1. The molecule has 1 aliphatic heterocycles. The smallest absolute Gasteiger partial charge is 0.263 e. The molecule has 1 aliphatic rings. The second kappa shape index (κ2) is 10.1.